The van der Waals surface area contributed by atoms with Crippen molar-refractivity contribution in [2.75, 3.05) is 36.8 Å². The SMILES string of the molecule is O=c1c(OC2CCCC2)c(N2CCN(S(=O)(=O)CCC(F)(F)F)CC2)cnn1-c1cccc(Cl)c1. The fraction of sp³-hybridized carbons (Fsp3) is 0.545. The van der Waals surface area contributed by atoms with E-state index in [0.29, 0.717) is 16.4 Å². The number of benzene rings is 1. The molecule has 2 aromatic rings. The van der Waals surface area contributed by atoms with Gasteiger partial charge < -0.3 is 9.64 Å². The second-order valence-electron chi connectivity index (χ2n) is 8.65. The number of ether oxygens (including phenoxy) is 1. The third-order valence-electron chi connectivity index (χ3n) is 6.17. The van der Waals surface area contributed by atoms with Crippen molar-refractivity contribution < 1.29 is 26.3 Å². The van der Waals surface area contributed by atoms with Crippen LogP contribution in [0.2, 0.25) is 5.02 Å². The van der Waals surface area contributed by atoms with E-state index in [9.17, 15) is 26.4 Å². The summed E-state index contributed by atoms with van der Waals surface area (Å²) < 4.78 is 70.7. The van der Waals surface area contributed by atoms with Gasteiger partial charge in [-0.15, -0.1) is 0 Å². The minimum atomic E-state index is -4.54. The lowest BCUT2D eigenvalue weighted by Crippen LogP contribution is -2.50. The Balaban J connectivity index is 1.57. The van der Waals surface area contributed by atoms with Crippen LogP contribution in [0.5, 0.6) is 5.75 Å². The van der Waals surface area contributed by atoms with E-state index < -0.39 is 33.9 Å². The van der Waals surface area contributed by atoms with Crippen LogP contribution in [0.1, 0.15) is 32.1 Å². The van der Waals surface area contributed by atoms with Crippen LogP contribution in [0, 0.1) is 0 Å². The van der Waals surface area contributed by atoms with Crippen LogP contribution in [0.4, 0.5) is 18.9 Å². The summed E-state index contributed by atoms with van der Waals surface area (Å²) in [5, 5.41) is 4.74. The van der Waals surface area contributed by atoms with Crippen molar-refractivity contribution in [1.29, 1.82) is 0 Å². The Kier molecular flexibility index (Phi) is 7.62. The highest BCUT2D eigenvalue weighted by Gasteiger charge is 2.34. The van der Waals surface area contributed by atoms with Gasteiger partial charge in [-0.2, -0.15) is 27.3 Å². The molecular weight excluding hydrogens is 509 g/mol. The predicted molar refractivity (Wildman–Crippen MR) is 126 cm³/mol. The summed E-state index contributed by atoms with van der Waals surface area (Å²) in [4.78, 5) is 15.2. The zero-order valence-corrected chi connectivity index (χ0v) is 20.4. The number of halogens is 4. The third kappa shape index (κ3) is 6.28. The number of rotatable bonds is 7. The molecule has 4 rings (SSSR count). The lowest BCUT2D eigenvalue weighted by molar-refractivity contribution is -0.130. The minimum Gasteiger partial charge on any atom is -0.483 e. The maximum absolute atomic E-state index is 13.4. The van der Waals surface area contributed by atoms with Gasteiger partial charge in [0.05, 0.1) is 30.2 Å². The van der Waals surface area contributed by atoms with Crippen LogP contribution in [0.15, 0.2) is 35.3 Å². The van der Waals surface area contributed by atoms with Gasteiger partial charge in [-0.3, -0.25) is 4.79 Å². The molecule has 0 unspecified atom stereocenters. The molecule has 1 aliphatic heterocycles. The van der Waals surface area contributed by atoms with Crippen molar-refractivity contribution >= 4 is 27.3 Å². The Morgan fingerprint density at radius 1 is 1.11 bits per heavy atom. The normalized spacial score (nSPS) is 18.2. The van der Waals surface area contributed by atoms with Gasteiger partial charge in [0.25, 0.3) is 0 Å². The van der Waals surface area contributed by atoms with Crippen LogP contribution in [0.25, 0.3) is 5.69 Å². The molecular formula is C22H26ClF3N4O4S. The Labute approximate surface area is 206 Å². The molecule has 1 aromatic heterocycles. The highest BCUT2D eigenvalue weighted by molar-refractivity contribution is 7.89. The van der Waals surface area contributed by atoms with E-state index in [1.807, 2.05) is 0 Å². The fourth-order valence-corrected chi connectivity index (χ4v) is 5.96. The second kappa shape index (κ2) is 10.4. The van der Waals surface area contributed by atoms with E-state index in [-0.39, 0.29) is 38.0 Å². The zero-order chi connectivity index (χ0) is 25.2. The smallest absolute Gasteiger partial charge is 0.390 e. The number of aromatic nitrogens is 2. The number of piperazine rings is 1. The number of hydrogen-bond acceptors (Lipinski definition) is 6. The molecule has 0 amide bonds. The van der Waals surface area contributed by atoms with Crippen molar-refractivity contribution in [2.45, 2.75) is 44.4 Å². The van der Waals surface area contributed by atoms with Crippen molar-refractivity contribution in [1.82, 2.24) is 14.1 Å². The van der Waals surface area contributed by atoms with Crippen LogP contribution < -0.4 is 15.2 Å². The molecule has 13 heteroatoms. The maximum Gasteiger partial charge on any atom is 0.390 e. The average molecular weight is 535 g/mol. The molecule has 2 fully saturated rings. The fourth-order valence-electron chi connectivity index (χ4n) is 4.31. The molecule has 2 heterocycles. The monoisotopic (exact) mass is 534 g/mol. The molecule has 192 valence electrons. The molecule has 0 radical (unpaired) electrons. The summed E-state index contributed by atoms with van der Waals surface area (Å²) in [6.07, 6.45) is -0.890. The Hall–Kier alpha value is -2.31. The largest absolute Gasteiger partial charge is 0.483 e. The van der Waals surface area contributed by atoms with Gasteiger partial charge in [0.1, 0.15) is 5.69 Å². The standard InChI is InChI=1S/C22H26ClF3N4O4S/c23-16-4-3-5-17(14-16)30-21(31)20(34-18-6-1-2-7-18)19(15-27-30)28-9-11-29(12-10-28)35(32,33)13-8-22(24,25)26/h3-5,14-15,18H,1-2,6-13H2. The van der Waals surface area contributed by atoms with Crippen LogP contribution in [0.3, 0.4) is 0 Å². The van der Waals surface area contributed by atoms with Crippen LogP contribution in [-0.2, 0) is 10.0 Å². The summed E-state index contributed by atoms with van der Waals surface area (Å²) in [5.41, 5.74) is 0.454. The molecule has 1 saturated heterocycles. The van der Waals surface area contributed by atoms with Crippen molar-refractivity contribution in [3.05, 3.63) is 45.8 Å². The first-order chi connectivity index (χ1) is 16.5. The third-order valence-corrected chi connectivity index (χ3v) is 8.28. The number of anilines is 1. The van der Waals surface area contributed by atoms with Gasteiger partial charge >= 0.3 is 11.7 Å². The number of alkyl halides is 3. The van der Waals surface area contributed by atoms with Crippen molar-refractivity contribution in [3.8, 4) is 11.4 Å². The minimum absolute atomic E-state index is 0.000434. The first-order valence-electron chi connectivity index (χ1n) is 11.4. The lowest BCUT2D eigenvalue weighted by atomic mass is 10.2. The molecule has 0 atom stereocenters. The van der Waals surface area contributed by atoms with Gasteiger partial charge in [-0.25, -0.2) is 8.42 Å². The number of hydrogen-bond donors (Lipinski definition) is 0. The summed E-state index contributed by atoms with van der Waals surface area (Å²) in [6, 6.07) is 6.70. The maximum atomic E-state index is 13.4. The molecule has 1 saturated carbocycles. The number of sulfonamides is 1. The van der Waals surface area contributed by atoms with E-state index in [1.54, 1.807) is 29.2 Å². The van der Waals surface area contributed by atoms with Gasteiger partial charge in [-0.05, 0) is 43.9 Å². The highest BCUT2D eigenvalue weighted by atomic mass is 35.5. The van der Waals surface area contributed by atoms with E-state index in [4.69, 9.17) is 16.3 Å². The first kappa shape index (κ1) is 25.8. The first-order valence-corrected chi connectivity index (χ1v) is 13.4. The van der Waals surface area contributed by atoms with Crippen molar-refractivity contribution in [3.63, 3.8) is 0 Å². The Morgan fingerprint density at radius 2 is 1.80 bits per heavy atom. The summed E-state index contributed by atoms with van der Waals surface area (Å²) in [7, 11) is -4.04. The molecule has 0 spiro atoms. The zero-order valence-electron chi connectivity index (χ0n) is 18.9. The second-order valence-corrected chi connectivity index (χ2v) is 11.2. The topological polar surface area (TPSA) is 84.7 Å². The van der Waals surface area contributed by atoms with Crippen LogP contribution >= 0.6 is 11.6 Å². The number of nitrogens with zero attached hydrogens (tertiary/aromatic N) is 4. The quantitative estimate of drug-likeness (QED) is 0.539. The molecule has 1 aliphatic carbocycles. The molecule has 0 N–H and O–H groups in total. The van der Waals surface area contributed by atoms with E-state index in [0.717, 1.165) is 30.0 Å². The van der Waals surface area contributed by atoms with Gasteiger partial charge in [0, 0.05) is 31.2 Å². The molecule has 35 heavy (non-hydrogen) atoms. The average Bonchev–Trinajstić information content (AvgIpc) is 3.32. The van der Waals surface area contributed by atoms with E-state index in [1.165, 1.54) is 10.9 Å². The van der Waals surface area contributed by atoms with Crippen LogP contribution in [-0.4, -0.2) is 66.7 Å². The van der Waals surface area contributed by atoms with Gasteiger partial charge in [0.2, 0.25) is 15.8 Å². The van der Waals surface area contributed by atoms with E-state index >= 15 is 0 Å². The molecule has 0 bridgehead atoms. The van der Waals surface area contributed by atoms with Gasteiger partial charge in [0.15, 0.2) is 0 Å². The van der Waals surface area contributed by atoms with E-state index in [2.05, 4.69) is 5.10 Å². The molecule has 8 nitrogen and oxygen atoms in total. The summed E-state index contributed by atoms with van der Waals surface area (Å²) >= 11 is 6.08. The molecule has 2 aliphatic rings. The summed E-state index contributed by atoms with van der Waals surface area (Å²) in [6.45, 7) is 0.379. The molecule has 1 aromatic carbocycles. The summed E-state index contributed by atoms with van der Waals surface area (Å²) in [5.74, 6) is -0.857. The lowest BCUT2D eigenvalue weighted by Gasteiger charge is -2.36. The van der Waals surface area contributed by atoms with Crippen molar-refractivity contribution in [2.24, 2.45) is 0 Å². The predicted octanol–water partition coefficient (Wildman–Crippen LogP) is 3.61. The highest BCUT2D eigenvalue weighted by Crippen LogP contribution is 2.31. The van der Waals surface area contributed by atoms with Gasteiger partial charge in [-0.1, -0.05) is 17.7 Å². The Bertz CT molecular complexity index is 1210. The Morgan fingerprint density at radius 3 is 2.43 bits per heavy atom.